The average molecular weight is 424 g/mol. The van der Waals surface area contributed by atoms with E-state index in [0.29, 0.717) is 17.5 Å². The summed E-state index contributed by atoms with van der Waals surface area (Å²) in [6.07, 6.45) is 6.17. The zero-order valence-electron chi connectivity index (χ0n) is 16.0. The number of thioether (sulfide) groups is 2. The van der Waals surface area contributed by atoms with Crippen molar-refractivity contribution in [1.82, 2.24) is 15.3 Å². The highest BCUT2D eigenvalue weighted by Crippen LogP contribution is 2.33. The quantitative estimate of drug-likeness (QED) is 0.456. The number of carbonyl (C=O) groups excluding carboxylic acids is 1. The number of nitrogens with one attached hydrogen (secondary N) is 1. The fraction of sp³-hybridized carbons (Fsp3) is 0.227. The molecule has 4 rings (SSSR count). The van der Waals surface area contributed by atoms with E-state index in [-0.39, 0.29) is 12.0 Å². The lowest BCUT2D eigenvalue weighted by atomic mass is 10.0. The normalized spacial score (nSPS) is 14.9. The number of hydrogen-bond acceptors (Lipinski definition) is 6. The minimum absolute atomic E-state index is 0.0407. The van der Waals surface area contributed by atoms with Crippen LogP contribution in [-0.2, 0) is 11.2 Å². The summed E-state index contributed by atoms with van der Waals surface area (Å²) in [4.78, 5) is 21.6. The van der Waals surface area contributed by atoms with E-state index in [9.17, 15) is 4.79 Å². The minimum atomic E-state index is -0.0448. The summed E-state index contributed by atoms with van der Waals surface area (Å²) in [7, 11) is 0. The van der Waals surface area contributed by atoms with Crippen LogP contribution in [0.5, 0.6) is 5.75 Å². The number of amides is 1. The maximum atomic E-state index is 12.1. The molecule has 29 heavy (non-hydrogen) atoms. The van der Waals surface area contributed by atoms with Gasteiger partial charge in [0.2, 0.25) is 5.91 Å². The third-order valence-electron chi connectivity index (χ3n) is 4.63. The summed E-state index contributed by atoms with van der Waals surface area (Å²) in [5.74, 6) is 1.15. The van der Waals surface area contributed by atoms with Gasteiger partial charge >= 0.3 is 0 Å². The van der Waals surface area contributed by atoms with Crippen LogP contribution >= 0.6 is 23.5 Å². The number of rotatable bonds is 7. The molecule has 0 saturated carbocycles. The van der Waals surface area contributed by atoms with Crippen LogP contribution in [0.3, 0.4) is 0 Å². The van der Waals surface area contributed by atoms with E-state index < -0.39 is 0 Å². The summed E-state index contributed by atoms with van der Waals surface area (Å²) in [5.41, 5.74) is 3.56. The van der Waals surface area contributed by atoms with Crippen LogP contribution in [0, 0.1) is 0 Å². The van der Waals surface area contributed by atoms with Crippen molar-refractivity contribution in [2.75, 3.05) is 18.6 Å². The number of ether oxygens (including phenoxy) is 1. The van der Waals surface area contributed by atoms with E-state index in [0.717, 1.165) is 12.2 Å². The van der Waals surface area contributed by atoms with Gasteiger partial charge in [0.05, 0.1) is 12.3 Å². The third-order valence-corrected chi connectivity index (χ3v) is 6.25. The van der Waals surface area contributed by atoms with Crippen molar-refractivity contribution in [1.29, 1.82) is 0 Å². The number of carbonyl (C=O) groups is 1. The minimum Gasteiger partial charge on any atom is -0.488 e. The smallest absolute Gasteiger partial charge is 0.230 e. The lowest BCUT2D eigenvalue weighted by Gasteiger charge is -2.11. The number of hydrogen-bond donors (Lipinski definition) is 1. The molecule has 0 fully saturated rings. The molecule has 2 aromatic carbocycles. The second kappa shape index (κ2) is 9.33. The summed E-state index contributed by atoms with van der Waals surface area (Å²) >= 11 is 3.06. The molecule has 1 N–H and O–H groups in total. The zero-order chi connectivity index (χ0) is 20.1. The second-order valence-electron chi connectivity index (χ2n) is 6.62. The highest BCUT2D eigenvalue weighted by molar-refractivity contribution is 7.99. The van der Waals surface area contributed by atoms with E-state index in [4.69, 9.17) is 4.74 Å². The first-order valence-electron chi connectivity index (χ1n) is 9.32. The van der Waals surface area contributed by atoms with Crippen LogP contribution in [0.1, 0.15) is 5.56 Å². The number of nitrogens with zero attached hydrogens (tertiary/aromatic N) is 2. The van der Waals surface area contributed by atoms with Crippen LogP contribution in [0.2, 0.25) is 0 Å². The van der Waals surface area contributed by atoms with Crippen LogP contribution in [0.25, 0.3) is 11.1 Å². The zero-order valence-corrected chi connectivity index (χ0v) is 17.6. The fourth-order valence-electron chi connectivity index (χ4n) is 3.17. The van der Waals surface area contributed by atoms with Gasteiger partial charge in [0.1, 0.15) is 11.9 Å². The molecular formula is C22H21N3O2S2. The molecule has 1 atom stereocenters. The van der Waals surface area contributed by atoms with Crippen LogP contribution < -0.4 is 10.1 Å². The van der Waals surface area contributed by atoms with Crippen LogP contribution in [0.4, 0.5) is 0 Å². The van der Waals surface area contributed by atoms with Crippen molar-refractivity contribution in [3.05, 3.63) is 66.5 Å². The first-order chi connectivity index (χ1) is 14.2. The van der Waals surface area contributed by atoms with Gasteiger partial charge in [-0.05, 0) is 53.3 Å². The molecule has 3 aromatic rings. The Labute approximate surface area is 178 Å². The molecule has 0 radical (unpaired) electrons. The average Bonchev–Trinajstić information content (AvgIpc) is 3.19. The van der Waals surface area contributed by atoms with E-state index in [1.54, 1.807) is 30.2 Å². The predicted octanol–water partition coefficient (Wildman–Crippen LogP) is 4.08. The Morgan fingerprint density at radius 1 is 1.14 bits per heavy atom. The number of benzene rings is 2. The lowest BCUT2D eigenvalue weighted by Crippen LogP contribution is -2.35. The molecule has 0 spiro atoms. The Hall–Kier alpha value is -2.51. The second-order valence-corrected chi connectivity index (χ2v) is 8.44. The molecule has 0 bridgehead atoms. The van der Waals surface area contributed by atoms with Crippen molar-refractivity contribution in [2.45, 2.75) is 22.6 Å². The van der Waals surface area contributed by atoms with Gasteiger partial charge in [0.15, 0.2) is 5.16 Å². The van der Waals surface area contributed by atoms with Crippen molar-refractivity contribution in [3.63, 3.8) is 0 Å². The van der Waals surface area contributed by atoms with E-state index >= 15 is 0 Å². The molecular weight excluding hydrogens is 402 g/mol. The Bertz CT molecular complexity index is 981. The number of fused-ring (bicyclic) bond motifs is 1. The Morgan fingerprint density at radius 3 is 2.66 bits per heavy atom. The molecule has 0 aliphatic carbocycles. The van der Waals surface area contributed by atoms with Crippen LogP contribution in [-0.4, -0.2) is 40.5 Å². The Morgan fingerprint density at radius 2 is 1.90 bits per heavy atom. The molecule has 7 heteroatoms. The van der Waals surface area contributed by atoms with Gasteiger partial charge < -0.3 is 10.1 Å². The van der Waals surface area contributed by atoms with E-state index in [2.05, 4.69) is 57.9 Å². The largest absolute Gasteiger partial charge is 0.488 e. The molecule has 0 saturated heterocycles. The van der Waals surface area contributed by atoms with Crippen LogP contribution in [0.15, 0.2) is 71.0 Å². The standard InChI is InChI=1S/C22H21N3O2S2/c1-28-19-6-3-15(4-7-19)16-5-8-20-17(11-16)12-18(27-20)13-25-21(26)14-29-22-23-9-2-10-24-22/h2-11,18H,12-14H2,1H3,(H,25,26)/t18-/m1/s1. The molecule has 1 aliphatic heterocycles. The lowest BCUT2D eigenvalue weighted by molar-refractivity contribution is -0.118. The Balaban J connectivity index is 1.30. The van der Waals surface area contributed by atoms with Crippen molar-refractivity contribution < 1.29 is 9.53 Å². The van der Waals surface area contributed by atoms with Gasteiger partial charge in [-0.2, -0.15) is 0 Å². The maximum absolute atomic E-state index is 12.1. The van der Waals surface area contributed by atoms with Gasteiger partial charge in [-0.15, -0.1) is 11.8 Å². The topological polar surface area (TPSA) is 64.1 Å². The predicted molar refractivity (Wildman–Crippen MR) is 118 cm³/mol. The SMILES string of the molecule is CSc1ccc(-c2ccc3c(c2)C[C@H](CNC(=O)CSc2ncccn2)O3)cc1. The molecule has 1 aromatic heterocycles. The highest BCUT2D eigenvalue weighted by atomic mass is 32.2. The molecule has 148 valence electrons. The van der Waals surface area contributed by atoms with Gasteiger partial charge in [0.25, 0.3) is 0 Å². The van der Waals surface area contributed by atoms with Gasteiger partial charge in [-0.25, -0.2) is 9.97 Å². The summed E-state index contributed by atoms with van der Waals surface area (Å²) in [6, 6.07) is 16.6. The number of aromatic nitrogens is 2. The van der Waals surface area contributed by atoms with E-state index in [1.165, 1.54) is 33.3 Å². The molecule has 1 aliphatic rings. The summed E-state index contributed by atoms with van der Waals surface area (Å²) in [6.45, 7) is 0.488. The maximum Gasteiger partial charge on any atom is 0.230 e. The highest BCUT2D eigenvalue weighted by Gasteiger charge is 2.23. The first-order valence-corrected chi connectivity index (χ1v) is 11.5. The summed E-state index contributed by atoms with van der Waals surface area (Å²) < 4.78 is 6.00. The van der Waals surface area contributed by atoms with Crippen molar-refractivity contribution >= 4 is 29.4 Å². The monoisotopic (exact) mass is 423 g/mol. The molecule has 1 amide bonds. The Kier molecular flexibility index (Phi) is 6.36. The molecule has 2 heterocycles. The molecule has 0 unspecified atom stereocenters. The third kappa shape index (κ3) is 5.10. The molecule has 5 nitrogen and oxygen atoms in total. The van der Waals surface area contributed by atoms with Gasteiger partial charge in [-0.3, -0.25) is 4.79 Å². The van der Waals surface area contributed by atoms with E-state index in [1.807, 2.05) is 6.07 Å². The fourth-order valence-corrected chi connectivity index (χ4v) is 4.21. The summed E-state index contributed by atoms with van der Waals surface area (Å²) in [5, 5.41) is 3.55. The van der Waals surface area contributed by atoms with Gasteiger partial charge in [0, 0.05) is 23.7 Å². The first kappa shape index (κ1) is 19.8. The van der Waals surface area contributed by atoms with Crippen molar-refractivity contribution in [2.24, 2.45) is 0 Å². The van der Waals surface area contributed by atoms with Crippen molar-refractivity contribution in [3.8, 4) is 16.9 Å². The van der Waals surface area contributed by atoms with Gasteiger partial charge in [-0.1, -0.05) is 30.0 Å².